The first-order valence-electron chi connectivity index (χ1n) is 5.99. The first-order chi connectivity index (χ1) is 9.04. The minimum atomic E-state index is 0.250. The molecule has 6 heteroatoms. The van der Waals surface area contributed by atoms with Crippen LogP contribution in [0.25, 0.3) is 0 Å². The smallest absolute Gasteiger partial charge is 0.223 e. The summed E-state index contributed by atoms with van der Waals surface area (Å²) in [5.74, 6) is 0.576. The van der Waals surface area contributed by atoms with Gasteiger partial charge in [-0.2, -0.15) is 0 Å². The van der Waals surface area contributed by atoms with E-state index >= 15 is 0 Å². The summed E-state index contributed by atoms with van der Waals surface area (Å²) in [6.45, 7) is 4.00. The maximum atomic E-state index is 5.61. The Morgan fingerprint density at radius 1 is 1.53 bits per heavy atom. The van der Waals surface area contributed by atoms with E-state index < -0.39 is 0 Å². The van der Waals surface area contributed by atoms with Crippen LogP contribution in [0.15, 0.2) is 23.6 Å². The Labute approximate surface area is 122 Å². The molecule has 1 atom stereocenters. The molecule has 0 aliphatic carbocycles. The van der Waals surface area contributed by atoms with Crippen LogP contribution in [0.2, 0.25) is 0 Å². The highest BCUT2D eigenvalue weighted by Gasteiger charge is 2.09. The molecule has 0 bridgehead atoms. The van der Waals surface area contributed by atoms with Crippen molar-refractivity contribution in [2.45, 2.75) is 26.3 Å². The van der Waals surface area contributed by atoms with Gasteiger partial charge < -0.3 is 11.1 Å². The van der Waals surface area contributed by atoms with Crippen LogP contribution in [0, 0.1) is 6.92 Å². The molecule has 3 N–H and O–H groups in total. The zero-order chi connectivity index (χ0) is 13.8. The maximum absolute atomic E-state index is 5.61. The molecule has 0 fully saturated rings. The number of nitrogens with one attached hydrogen (secondary N) is 1. The SMILES string of the molecule is Cc1cc(C(N)=S)nc(NC(C)Cc2cccs2)n1. The average molecular weight is 292 g/mol. The largest absolute Gasteiger partial charge is 0.388 e. The fourth-order valence-corrected chi connectivity index (χ4v) is 2.70. The molecule has 4 nitrogen and oxygen atoms in total. The van der Waals surface area contributed by atoms with E-state index in [1.54, 1.807) is 17.4 Å². The van der Waals surface area contributed by atoms with Crippen molar-refractivity contribution in [2.75, 3.05) is 5.32 Å². The van der Waals surface area contributed by atoms with Gasteiger partial charge in [0.15, 0.2) is 0 Å². The summed E-state index contributed by atoms with van der Waals surface area (Å²) >= 11 is 6.70. The van der Waals surface area contributed by atoms with Crippen molar-refractivity contribution >= 4 is 34.5 Å². The van der Waals surface area contributed by atoms with Gasteiger partial charge in [-0.3, -0.25) is 0 Å². The molecule has 0 saturated carbocycles. The molecule has 1 unspecified atom stereocenters. The molecule has 2 rings (SSSR count). The molecule has 0 radical (unpaired) electrons. The number of thiocarbonyl (C=S) groups is 1. The maximum Gasteiger partial charge on any atom is 0.223 e. The zero-order valence-corrected chi connectivity index (χ0v) is 12.5. The minimum Gasteiger partial charge on any atom is -0.388 e. The monoisotopic (exact) mass is 292 g/mol. The molecule has 0 amide bonds. The Morgan fingerprint density at radius 3 is 2.95 bits per heavy atom. The van der Waals surface area contributed by atoms with Crippen molar-refractivity contribution in [1.82, 2.24) is 9.97 Å². The van der Waals surface area contributed by atoms with Crippen molar-refractivity contribution in [3.63, 3.8) is 0 Å². The molecular weight excluding hydrogens is 276 g/mol. The fraction of sp³-hybridized carbons (Fsp3) is 0.308. The third kappa shape index (κ3) is 3.97. The van der Waals surface area contributed by atoms with Crippen molar-refractivity contribution < 1.29 is 0 Å². The standard InChI is InChI=1S/C13H16N4S2/c1-8(6-10-4-3-5-19-10)15-13-16-9(2)7-11(17-13)12(14)18/h3-5,7-8H,6H2,1-2H3,(H2,14,18)(H,15,16,17). The van der Waals surface area contributed by atoms with Crippen molar-refractivity contribution in [1.29, 1.82) is 0 Å². The van der Waals surface area contributed by atoms with Gasteiger partial charge in [0.25, 0.3) is 0 Å². The topological polar surface area (TPSA) is 63.8 Å². The molecule has 0 aliphatic heterocycles. The van der Waals surface area contributed by atoms with Gasteiger partial charge in [0, 0.05) is 23.0 Å². The fourth-order valence-electron chi connectivity index (χ4n) is 1.76. The summed E-state index contributed by atoms with van der Waals surface area (Å²) < 4.78 is 0. The van der Waals surface area contributed by atoms with E-state index in [0.717, 1.165) is 12.1 Å². The molecule has 2 aromatic rings. The number of aryl methyl sites for hydroxylation is 1. The van der Waals surface area contributed by atoms with Gasteiger partial charge in [-0.05, 0) is 31.4 Å². The van der Waals surface area contributed by atoms with E-state index in [0.29, 0.717) is 16.6 Å². The summed E-state index contributed by atoms with van der Waals surface area (Å²) in [6, 6.07) is 6.22. The second-order valence-electron chi connectivity index (χ2n) is 4.41. The predicted molar refractivity (Wildman–Crippen MR) is 83.8 cm³/mol. The van der Waals surface area contributed by atoms with Crippen LogP contribution in [-0.2, 0) is 6.42 Å². The van der Waals surface area contributed by atoms with E-state index in [1.165, 1.54) is 4.88 Å². The second-order valence-corrected chi connectivity index (χ2v) is 5.88. The molecule has 19 heavy (non-hydrogen) atoms. The third-order valence-corrected chi connectivity index (χ3v) is 3.68. The van der Waals surface area contributed by atoms with Gasteiger partial charge in [0.05, 0.1) is 0 Å². The number of rotatable bonds is 5. The summed E-state index contributed by atoms with van der Waals surface area (Å²) in [5.41, 5.74) is 7.06. The van der Waals surface area contributed by atoms with E-state index in [4.69, 9.17) is 18.0 Å². The number of thiophene rings is 1. The highest BCUT2D eigenvalue weighted by molar-refractivity contribution is 7.80. The quantitative estimate of drug-likeness (QED) is 0.829. The molecule has 0 saturated heterocycles. The summed E-state index contributed by atoms with van der Waals surface area (Å²) in [5, 5.41) is 5.37. The number of nitrogens with zero attached hydrogens (tertiary/aromatic N) is 2. The first-order valence-corrected chi connectivity index (χ1v) is 7.28. The predicted octanol–water partition coefficient (Wildman–Crippen LogP) is 2.52. The molecule has 0 aliphatic rings. The molecule has 0 aromatic carbocycles. The lowest BCUT2D eigenvalue weighted by Gasteiger charge is -2.13. The molecule has 2 heterocycles. The Balaban J connectivity index is 2.08. The number of nitrogens with two attached hydrogens (primary N) is 1. The Morgan fingerprint density at radius 2 is 2.32 bits per heavy atom. The number of aromatic nitrogens is 2. The summed E-state index contributed by atoms with van der Waals surface area (Å²) in [6.07, 6.45) is 0.942. The van der Waals surface area contributed by atoms with Gasteiger partial charge in [0.1, 0.15) is 10.7 Å². The van der Waals surface area contributed by atoms with Crippen LogP contribution in [0.1, 0.15) is 23.2 Å². The minimum absolute atomic E-state index is 0.250. The Hall–Kier alpha value is -1.53. The van der Waals surface area contributed by atoms with Gasteiger partial charge in [-0.1, -0.05) is 18.3 Å². The lowest BCUT2D eigenvalue weighted by Crippen LogP contribution is -2.21. The van der Waals surface area contributed by atoms with Crippen LogP contribution in [0.4, 0.5) is 5.95 Å². The van der Waals surface area contributed by atoms with E-state index in [1.807, 2.05) is 6.92 Å². The van der Waals surface area contributed by atoms with Gasteiger partial charge in [0.2, 0.25) is 5.95 Å². The molecule has 2 aromatic heterocycles. The van der Waals surface area contributed by atoms with Crippen LogP contribution in [0.5, 0.6) is 0 Å². The van der Waals surface area contributed by atoms with Crippen molar-refractivity contribution in [2.24, 2.45) is 5.73 Å². The number of hydrogen-bond acceptors (Lipinski definition) is 5. The molecule has 100 valence electrons. The number of hydrogen-bond donors (Lipinski definition) is 2. The molecular formula is C13H16N4S2. The lowest BCUT2D eigenvalue weighted by molar-refractivity contribution is 0.784. The van der Waals surface area contributed by atoms with Crippen LogP contribution in [-0.4, -0.2) is 21.0 Å². The highest BCUT2D eigenvalue weighted by Crippen LogP contribution is 2.13. The Kier molecular flexibility index (Phi) is 4.44. The molecule has 0 spiro atoms. The second kappa shape index (κ2) is 6.08. The van der Waals surface area contributed by atoms with Crippen molar-refractivity contribution in [3.8, 4) is 0 Å². The van der Waals surface area contributed by atoms with Gasteiger partial charge in [-0.25, -0.2) is 9.97 Å². The van der Waals surface area contributed by atoms with Crippen molar-refractivity contribution in [3.05, 3.63) is 39.8 Å². The number of anilines is 1. The van der Waals surface area contributed by atoms with E-state index in [-0.39, 0.29) is 6.04 Å². The summed E-state index contributed by atoms with van der Waals surface area (Å²) in [4.78, 5) is 10.3. The normalized spacial score (nSPS) is 12.1. The third-order valence-electron chi connectivity index (χ3n) is 2.57. The average Bonchev–Trinajstić information content (AvgIpc) is 2.80. The van der Waals surface area contributed by atoms with E-state index in [2.05, 4.69) is 39.7 Å². The van der Waals surface area contributed by atoms with Gasteiger partial charge >= 0.3 is 0 Å². The highest BCUT2D eigenvalue weighted by atomic mass is 32.1. The zero-order valence-electron chi connectivity index (χ0n) is 10.9. The van der Waals surface area contributed by atoms with Gasteiger partial charge in [-0.15, -0.1) is 11.3 Å². The Bertz CT molecular complexity index is 566. The van der Waals surface area contributed by atoms with Crippen LogP contribution < -0.4 is 11.1 Å². The van der Waals surface area contributed by atoms with Crippen LogP contribution in [0.3, 0.4) is 0 Å². The lowest BCUT2D eigenvalue weighted by atomic mass is 10.2. The van der Waals surface area contributed by atoms with Crippen LogP contribution >= 0.6 is 23.6 Å². The summed E-state index contributed by atoms with van der Waals surface area (Å²) in [7, 11) is 0. The first kappa shape index (κ1) is 13.9. The van der Waals surface area contributed by atoms with E-state index in [9.17, 15) is 0 Å².